The lowest BCUT2D eigenvalue weighted by Crippen LogP contribution is -2.23. The van der Waals surface area contributed by atoms with Crippen LogP contribution in [0.5, 0.6) is 0 Å². The Balaban J connectivity index is 2.16. The van der Waals surface area contributed by atoms with Gasteiger partial charge in [0, 0.05) is 24.8 Å². The van der Waals surface area contributed by atoms with Gasteiger partial charge < -0.3 is 5.32 Å². The number of nitrogens with zero attached hydrogens (tertiary/aromatic N) is 2. The number of halogens is 3. The maximum Gasteiger partial charge on any atom is 0.194 e. The highest BCUT2D eigenvalue weighted by Crippen LogP contribution is 2.25. The van der Waals surface area contributed by atoms with Gasteiger partial charge in [-0.1, -0.05) is 13.0 Å². The van der Waals surface area contributed by atoms with Crippen molar-refractivity contribution in [2.75, 3.05) is 6.54 Å². The molecule has 0 spiro atoms. The molecule has 0 amide bonds. The molecule has 0 aliphatic heterocycles. The van der Waals surface area contributed by atoms with E-state index in [9.17, 15) is 13.2 Å². The highest BCUT2D eigenvalue weighted by molar-refractivity contribution is 5.24. The lowest BCUT2D eigenvalue weighted by molar-refractivity contribution is 0.419. The van der Waals surface area contributed by atoms with E-state index in [1.54, 1.807) is 10.9 Å². The van der Waals surface area contributed by atoms with E-state index in [1.807, 2.05) is 20.2 Å². The molecular weight excluding hydrogens is 279 g/mol. The zero-order chi connectivity index (χ0) is 15.4. The molecular formula is C15H18F3N3. The number of aromatic nitrogens is 2. The summed E-state index contributed by atoms with van der Waals surface area (Å²) in [6.45, 7) is 2.49. The molecule has 1 aromatic heterocycles. The van der Waals surface area contributed by atoms with Crippen LogP contribution in [0.4, 0.5) is 13.2 Å². The first-order valence-electron chi connectivity index (χ1n) is 6.87. The molecule has 0 saturated heterocycles. The summed E-state index contributed by atoms with van der Waals surface area (Å²) >= 11 is 0. The van der Waals surface area contributed by atoms with Crippen LogP contribution in [0.15, 0.2) is 24.5 Å². The number of hydrogen-bond acceptors (Lipinski definition) is 2. The van der Waals surface area contributed by atoms with Crippen LogP contribution in [-0.2, 0) is 13.5 Å². The average Bonchev–Trinajstić information content (AvgIpc) is 2.87. The monoisotopic (exact) mass is 297 g/mol. The molecule has 1 N–H and O–H groups in total. The Bertz CT molecular complexity index is 610. The van der Waals surface area contributed by atoms with Crippen molar-refractivity contribution in [2.24, 2.45) is 7.05 Å². The predicted octanol–water partition coefficient (Wildman–Crippen LogP) is 3.12. The maximum absolute atomic E-state index is 13.9. The molecule has 1 unspecified atom stereocenters. The zero-order valence-corrected chi connectivity index (χ0v) is 12.0. The molecule has 0 aliphatic rings. The van der Waals surface area contributed by atoms with Gasteiger partial charge in [-0.3, -0.25) is 4.68 Å². The molecule has 114 valence electrons. The molecule has 6 heteroatoms. The van der Waals surface area contributed by atoms with E-state index in [2.05, 4.69) is 10.4 Å². The first-order valence-corrected chi connectivity index (χ1v) is 6.87. The summed E-state index contributed by atoms with van der Waals surface area (Å²) in [6, 6.07) is 1.89. The number of aryl methyl sites for hydroxylation is 2. The van der Waals surface area contributed by atoms with Gasteiger partial charge in [0.2, 0.25) is 0 Å². The SMILES string of the molecule is CCNC(CCc1cnn(C)c1)c1ccc(F)c(F)c1F. The third-order valence-electron chi connectivity index (χ3n) is 3.37. The fourth-order valence-corrected chi connectivity index (χ4v) is 2.34. The highest BCUT2D eigenvalue weighted by atomic mass is 19.2. The minimum Gasteiger partial charge on any atom is -0.310 e. The quantitative estimate of drug-likeness (QED) is 0.830. The van der Waals surface area contributed by atoms with Crippen LogP contribution >= 0.6 is 0 Å². The van der Waals surface area contributed by atoms with Crippen LogP contribution in [0.25, 0.3) is 0 Å². The smallest absolute Gasteiger partial charge is 0.194 e. The maximum atomic E-state index is 13.9. The lowest BCUT2D eigenvalue weighted by atomic mass is 9.99. The lowest BCUT2D eigenvalue weighted by Gasteiger charge is -2.19. The summed E-state index contributed by atoms with van der Waals surface area (Å²) in [6.07, 6.45) is 4.86. The van der Waals surface area contributed by atoms with Gasteiger partial charge in [-0.15, -0.1) is 0 Å². The van der Waals surface area contributed by atoms with Crippen molar-refractivity contribution >= 4 is 0 Å². The third-order valence-corrected chi connectivity index (χ3v) is 3.37. The minimum atomic E-state index is -1.42. The Kier molecular flexibility index (Phi) is 5.01. The molecule has 0 bridgehead atoms. The average molecular weight is 297 g/mol. The predicted molar refractivity (Wildman–Crippen MR) is 74.3 cm³/mol. The van der Waals surface area contributed by atoms with Gasteiger partial charge in [0.05, 0.1) is 6.20 Å². The Hall–Kier alpha value is -1.82. The standard InChI is InChI=1S/C15H18F3N3/c1-3-19-13(7-4-10-8-20-21(2)9-10)11-5-6-12(16)15(18)14(11)17/h5-6,8-9,13,19H,3-4,7H2,1-2H3. The highest BCUT2D eigenvalue weighted by Gasteiger charge is 2.20. The van der Waals surface area contributed by atoms with E-state index in [4.69, 9.17) is 0 Å². The van der Waals surface area contributed by atoms with Gasteiger partial charge in [0.25, 0.3) is 0 Å². The summed E-state index contributed by atoms with van der Waals surface area (Å²) in [5, 5.41) is 7.18. The van der Waals surface area contributed by atoms with Crippen LogP contribution in [0.2, 0.25) is 0 Å². The Labute approximate surface area is 121 Å². The first-order chi connectivity index (χ1) is 10.0. The van der Waals surface area contributed by atoms with Gasteiger partial charge in [0.15, 0.2) is 17.5 Å². The molecule has 0 radical (unpaired) electrons. The largest absolute Gasteiger partial charge is 0.310 e. The van der Waals surface area contributed by atoms with Gasteiger partial charge in [-0.25, -0.2) is 13.2 Å². The molecule has 21 heavy (non-hydrogen) atoms. The molecule has 3 nitrogen and oxygen atoms in total. The second-order valence-corrected chi connectivity index (χ2v) is 4.94. The summed E-state index contributed by atoms with van der Waals surface area (Å²) in [4.78, 5) is 0. The van der Waals surface area contributed by atoms with Crippen LogP contribution in [0.3, 0.4) is 0 Å². The first kappa shape index (κ1) is 15.6. The Morgan fingerprint density at radius 1 is 1.24 bits per heavy atom. The van der Waals surface area contributed by atoms with Crippen LogP contribution in [0.1, 0.15) is 30.5 Å². The minimum absolute atomic E-state index is 0.152. The molecule has 1 aromatic carbocycles. The van der Waals surface area contributed by atoms with Crippen LogP contribution in [0, 0.1) is 17.5 Å². The molecule has 2 aromatic rings. The molecule has 1 atom stereocenters. The van der Waals surface area contributed by atoms with Crippen LogP contribution in [-0.4, -0.2) is 16.3 Å². The van der Waals surface area contributed by atoms with Gasteiger partial charge in [0.1, 0.15) is 0 Å². The number of hydrogen-bond donors (Lipinski definition) is 1. The third kappa shape index (κ3) is 3.64. The van der Waals surface area contributed by atoms with E-state index >= 15 is 0 Å². The Morgan fingerprint density at radius 2 is 2.00 bits per heavy atom. The summed E-state index contributed by atoms with van der Waals surface area (Å²) in [5.41, 5.74) is 1.17. The second kappa shape index (κ2) is 6.76. The van der Waals surface area contributed by atoms with E-state index in [0.29, 0.717) is 19.4 Å². The van der Waals surface area contributed by atoms with Gasteiger partial charge >= 0.3 is 0 Å². The van der Waals surface area contributed by atoms with Crippen LogP contribution < -0.4 is 5.32 Å². The number of benzene rings is 1. The normalized spacial score (nSPS) is 12.6. The molecule has 0 aliphatic carbocycles. The van der Waals surface area contributed by atoms with Crippen molar-refractivity contribution in [3.8, 4) is 0 Å². The van der Waals surface area contributed by atoms with E-state index in [1.165, 1.54) is 6.07 Å². The van der Waals surface area contributed by atoms with E-state index < -0.39 is 17.5 Å². The van der Waals surface area contributed by atoms with E-state index in [-0.39, 0.29) is 11.6 Å². The molecule has 0 saturated carbocycles. The fraction of sp³-hybridized carbons (Fsp3) is 0.400. The van der Waals surface area contributed by atoms with Crippen molar-refractivity contribution in [3.63, 3.8) is 0 Å². The Morgan fingerprint density at radius 3 is 2.62 bits per heavy atom. The second-order valence-electron chi connectivity index (χ2n) is 4.94. The zero-order valence-electron chi connectivity index (χ0n) is 12.0. The van der Waals surface area contributed by atoms with Crippen molar-refractivity contribution < 1.29 is 13.2 Å². The van der Waals surface area contributed by atoms with Crippen molar-refractivity contribution in [2.45, 2.75) is 25.8 Å². The van der Waals surface area contributed by atoms with Crippen molar-refractivity contribution in [1.82, 2.24) is 15.1 Å². The van der Waals surface area contributed by atoms with Crippen molar-refractivity contribution in [3.05, 3.63) is 53.1 Å². The molecule has 0 fully saturated rings. The van der Waals surface area contributed by atoms with Crippen molar-refractivity contribution in [1.29, 1.82) is 0 Å². The summed E-state index contributed by atoms with van der Waals surface area (Å²) < 4.78 is 42.0. The molecule has 2 rings (SSSR count). The number of nitrogens with one attached hydrogen (secondary N) is 1. The summed E-state index contributed by atoms with van der Waals surface area (Å²) in [5.74, 6) is -3.71. The topological polar surface area (TPSA) is 29.9 Å². The van der Waals surface area contributed by atoms with Gasteiger partial charge in [-0.05, 0) is 31.0 Å². The fourth-order valence-electron chi connectivity index (χ4n) is 2.34. The molecule has 1 heterocycles. The van der Waals surface area contributed by atoms with Gasteiger partial charge in [-0.2, -0.15) is 5.10 Å². The number of rotatable bonds is 6. The van der Waals surface area contributed by atoms with E-state index in [0.717, 1.165) is 11.6 Å². The summed E-state index contributed by atoms with van der Waals surface area (Å²) in [7, 11) is 1.82.